The summed E-state index contributed by atoms with van der Waals surface area (Å²) in [5.41, 5.74) is 1.21. The van der Waals surface area contributed by atoms with Gasteiger partial charge in [0, 0.05) is 5.92 Å². The zero-order chi connectivity index (χ0) is 11.8. The van der Waals surface area contributed by atoms with E-state index < -0.39 is 0 Å². The molecule has 1 aromatic carbocycles. The highest BCUT2D eigenvalue weighted by molar-refractivity contribution is 5.76. The minimum absolute atomic E-state index is 0.0557. The summed E-state index contributed by atoms with van der Waals surface area (Å²) in [5, 5.41) is 0. The molecule has 1 aromatic rings. The first kappa shape index (κ1) is 10.8. The molecule has 4 atom stereocenters. The number of ether oxygens (including phenoxy) is 2. The van der Waals surface area contributed by atoms with E-state index in [9.17, 15) is 4.79 Å². The van der Waals surface area contributed by atoms with Crippen LogP contribution in [0.2, 0.25) is 0 Å². The van der Waals surface area contributed by atoms with Crippen LogP contribution in [0, 0.1) is 11.8 Å². The van der Waals surface area contributed by atoms with Gasteiger partial charge in [0.05, 0.1) is 18.6 Å². The van der Waals surface area contributed by atoms with Gasteiger partial charge in [-0.2, -0.15) is 0 Å². The second-order valence-corrected chi connectivity index (χ2v) is 4.69. The summed E-state index contributed by atoms with van der Waals surface area (Å²) in [6.07, 6.45) is 1.35. The number of benzene rings is 1. The monoisotopic (exact) mass is 232 g/mol. The summed E-state index contributed by atoms with van der Waals surface area (Å²) in [5.74, 6) is 0.396. The molecule has 1 aliphatic heterocycles. The maximum absolute atomic E-state index is 11.5. The van der Waals surface area contributed by atoms with Crippen molar-refractivity contribution in [2.45, 2.75) is 25.6 Å². The smallest absolute Gasteiger partial charge is 0.309 e. The molecule has 3 heteroatoms. The first-order valence-corrected chi connectivity index (χ1v) is 6.18. The van der Waals surface area contributed by atoms with E-state index in [1.165, 1.54) is 5.56 Å². The molecule has 1 saturated heterocycles. The fourth-order valence-corrected chi connectivity index (χ4v) is 2.46. The Hall–Kier alpha value is -1.35. The first-order chi connectivity index (χ1) is 8.31. The quantitative estimate of drug-likeness (QED) is 0.590. The third kappa shape index (κ3) is 2.07. The van der Waals surface area contributed by atoms with Crippen molar-refractivity contribution in [1.29, 1.82) is 0 Å². The molecule has 1 heterocycles. The third-order valence-corrected chi connectivity index (χ3v) is 3.50. The standard InChI is InChI=1S/C14H16O3/c1-2-16-14(15)11-8-10(11)13-12(17-13)9-6-4-3-5-7-9/h3-7,10-13H,2,8H2,1H3. The lowest BCUT2D eigenvalue weighted by atomic mass is 10.1. The van der Waals surface area contributed by atoms with Crippen molar-refractivity contribution in [2.24, 2.45) is 11.8 Å². The minimum Gasteiger partial charge on any atom is -0.466 e. The van der Waals surface area contributed by atoms with Crippen LogP contribution in [0.15, 0.2) is 30.3 Å². The Labute approximate surface area is 101 Å². The van der Waals surface area contributed by atoms with E-state index in [0.29, 0.717) is 12.5 Å². The Morgan fingerprint density at radius 1 is 1.41 bits per heavy atom. The third-order valence-electron chi connectivity index (χ3n) is 3.50. The molecule has 0 spiro atoms. The molecule has 0 bridgehead atoms. The predicted molar refractivity (Wildman–Crippen MR) is 62.3 cm³/mol. The lowest BCUT2D eigenvalue weighted by Gasteiger charge is -1.98. The Balaban J connectivity index is 1.56. The van der Waals surface area contributed by atoms with E-state index in [4.69, 9.17) is 9.47 Å². The van der Waals surface area contributed by atoms with Crippen molar-refractivity contribution in [3.63, 3.8) is 0 Å². The first-order valence-electron chi connectivity index (χ1n) is 6.18. The number of esters is 1. The highest BCUT2D eigenvalue weighted by Gasteiger charge is 2.58. The van der Waals surface area contributed by atoms with Crippen LogP contribution in [0.4, 0.5) is 0 Å². The largest absolute Gasteiger partial charge is 0.466 e. The molecule has 1 saturated carbocycles. The van der Waals surface area contributed by atoms with Gasteiger partial charge in [0.2, 0.25) is 0 Å². The molecule has 1 aliphatic carbocycles. The van der Waals surface area contributed by atoms with Crippen LogP contribution in [-0.4, -0.2) is 18.7 Å². The molecule has 3 nitrogen and oxygen atoms in total. The van der Waals surface area contributed by atoms with Crippen molar-refractivity contribution in [2.75, 3.05) is 6.61 Å². The predicted octanol–water partition coefficient (Wildman–Crippen LogP) is 2.33. The molecular formula is C14H16O3. The molecule has 3 rings (SSSR count). The van der Waals surface area contributed by atoms with Crippen LogP contribution in [0.25, 0.3) is 0 Å². The average Bonchev–Trinajstić information content (AvgIpc) is 3.22. The normalized spacial score (nSPS) is 34.2. The van der Waals surface area contributed by atoms with Gasteiger partial charge >= 0.3 is 5.97 Å². The van der Waals surface area contributed by atoms with Crippen molar-refractivity contribution >= 4 is 5.97 Å². The van der Waals surface area contributed by atoms with Crippen molar-refractivity contribution in [1.82, 2.24) is 0 Å². The van der Waals surface area contributed by atoms with Crippen LogP contribution in [-0.2, 0) is 14.3 Å². The van der Waals surface area contributed by atoms with Gasteiger partial charge in [0.25, 0.3) is 0 Å². The molecule has 90 valence electrons. The van der Waals surface area contributed by atoms with Gasteiger partial charge in [-0.3, -0.25) is 4.79 Å². The molecule has 0 N–H and O–H groups in total. The van der Waals surface area contributed by atoms with E-state index in [1.54, 1.807) is 0 Å². The highest BCUT2D eigenvalue weighted by Crippen LogP contribution is 2.55. The van der Waals surface area contributed by atoms with Gasteiger partial charge in [-0.1, -0.05) is 30.3 Å². The van der Waals surface area contributed by atoms with Gasteiger partial charge in [-0.15, -0.1) is 0 Å². The summed E-state index contributed by atoms with van der Waals surface area (Å²) in [6, 6.07) is 10.2. The fourth-order valence-electron chi connectivity index (χ4n) is 2.46. The fraction of sp³-hybridized carbons (Fsp3) is 0.500. The molecule has 2 fully saturated rings. The lowest BCUT2D eigenvalue weighted by Crippen LogP contribution is -2.09. The number of carbonyl (C=O) groups excluding carboxylic acids is 1. The van der Waals surface area contributed by atoms with Gasteiger partial charge in [0.15, 0.2) is 0 Å². The number of carbonyl (C=O) groups is 1. The molecule has 4 unspecified atom stereocenters. The van der Waals surface area contributed by atoms with Crippen LogP contribution in [0.5, 0.6) is 0 Å². The van der Waals surface area contributed by atoms with E-state index in [1.807, 2.05) is 25.1 Å². The van der Waals surface area contributed by atoms with Crippen molar-refractivity contribution in [3.05, 3.63) is 35.9 Å². The summed E-state index contributed by atoms with van der Waals surface area (Å²) < 4.78 is 10.7. The van der Waals surface area contributed by atoms with Gasteiger partial charge in [-0.05, 0) is 18.9 Å². The molecular weight excluding hydrogens is 216 g/mol. The summed E-state index contributed by atoms with van der Waals surface area (Å²) >= 11 is 0. The summed E-state index contributed by atoms with van der Waals surface area (Å²) in [6.45, 7) is 2.31. The second-order valence-electron chi connectivity index (χ2n) is 4.69. The molecule has 2 aliphatic rings. The van der Waals surface area contributed by atoms with Crippen molar-refractivity contribution in [3.8, 4) is 0 Å². The zero-order valence-corrected chi connectivity index (χ0v) is 9.84. The molecule has 0 amide bonds. The van der Waals surface area contributed by atoms with Gasteiger partial charge in [-0.25, -0.2) is 0 Å². The SMILES string of the molecule is CCOC(=O)C1CC1C1OC1c1ccccc1. The van der Waals surface area contributed by atoms with E-state index >= 15 is 0 Å². The minimum atomic E-state index is -0.0557. The van der Waals surface area contributed by atoms with Crippen LogP contribution >= 0.6 is 0 Å². The van der Waals surface area contributed by atoms with Gasteiger partial charge in [0.1, 0.15) is 6.10 Å². The average molecular weight is 232 g/mol. The van der Waals surface area contributed by atoms with E-state index in [2.05, 4.69) is 12.1 Å². The van der Waals surface area contributed by atoms with Crippen LogP contribution in [0.1, 0.15) is 25.0 Å². The topological polar surface area (TPSA) is 38.8 Å². The molecule has 17 heavy (non-hydrogen) atoms. The van der Waals surface area contributed by atoms with E-state index in [-0.39, 0.29) is 24.1 Å². The molecule has 0 aromatic heterocycles. The summed E-state index contributed by atoms with van der Waals surface area (Å²) in [7, 11) is 0. The zero-order valence-electron chi connectivity index (χ0n) is 9.84. The highest BCUT2D eigenvalue weighted by atomic mass is 16.6. The number of hydrogen-bond acceptors (Lipinski definition) is 3. The summed E-state index contributed by atoms with van der Waals surface area (Å²) in [4.78, 5) is 11.5. The van der Waals surface area contributed by atoms with Crippen molar-refractivity contribution < 1.29 is 14.3 Å². The lowest BCUT2D eigenvalue weighted by molar-refractivity contribution is -0.145. The number of rotatable bonds is 4. The second kappa shape index (κ2) is 4.15. The Morgan fingerprint density at radius 3 is 2.88 bits per heavy atom. The maximum atomic E-state index is 11.5. The van der Waals surface area contributed by atoms with E-state index in [0.717, 1.165) is 6.42 Å². The van der Waals surface area contributed by atoms with Crippen LogP contribution < -0.4 is 0 Å². The number of epoxide rings is 1. The Morgan fingerprint density at radius 2 is 2.18 bits per heavy atom. The Kier molecular flexibility index (Phi) is 2.63. The van der Waals surface area contributed by atoms with Gasteiger partial charge < -0.3 is 9.47 Å². The van der Waals surface area contributed by atoms with Crippen LogP contribution in [0.3, 0.4) is 0 Å². The number of hydrogen-bond donors (Lipinski definition) is 0. The Bertz CT molecular complexity index is 415. The maximum Gasteiger partial charge on any atom is 0.309 e. The molecule has 0 radical (unpaired) electrons.